The van der Waals surface area contributed by atoms with Gasteiger partial charge in [0.2, 0.25) is 0 Å². The Morgan fingerprint density at radius 1 is 1.10 bits per heavy atom. The van der Waals surface area contributed by atoms with Crippen molar-refractivity contribution in [2.75, 3.05) is 5.32 Å². The lowest BCUT2D eigenvalue weighted by atomic mass is 10.2. The van der Waals surface area contributed by atoms with Crippen molar-refractivity contribution in [1.29, 1.82) is 0 Å². The second kappa shape index (κ2) is 8.11. The van der Waals surface area contributed by atoms with Crippen LogP contribution in [-0.4, -0.2) is 25.4 Å². The first kappa shape index (κ1) is 18.6. The molecule has 8 nitrogen and oxygen atoms in total. The van der Waals surface area contributed by atoms with Crippen molar-refractivity contribution in [2.24, 2.45) is 0 Å². The summed E-state index contributed by atoms with van der Waals surface area (Å²) in [4.78, 5) is 21.1. The third kappa shape index (κ3) is 4.13. The summed E-state index contributed by atoms with van der Waals surface area (Å²) in [5.41, 5.74) is 3.18. The van der Waals surface area contributed by atoms with Gasteiger partial charge in [-0.1, -0.05) is 17.3 Å². The molecular weight excluding hydrogens is 394 g/mol. The topological polar surface area (TPSA) is 94.5 Å². The Labute approximate surface area is 177 Å². The van der Waals surface area contributed by atoms with Crippen LogP contribution in [0, 0.1) is 0 Å². The zero-order valence-corrected chi connectivity index (χ0v) is 16.3. The molecule has 0 saturated carbocycles. The molecule has 1 N–H and O–H groups in total. The van der Waals surface area contributed by atoms with Crippen LogP contribution in [0.1, 0.15) is 16.2 Å². The summed E-state index contributed by atoms with van der Waals surface area (Å²) in [5, 5.41) is 6.66. The molecule has 4 heterocycles. The van der Waals surface area contributed by atoms with Gasteiger partial charge in [0.25, 0.3) is 5.91 Å². The molecule has 0 unspecified atom stereocenters. The Bertz CT molecular complexity index is 1310. The van der Waals surface area contributed by atoms with Gasteiger partial charge in [-0.05, 0) is 36.4 Å². The fourth-order valence-electron chi connectivity index (χ4n) is 3.10. The Hall–Kier alpha value is -4.46. The molecule has 1 aromatic carbocycles. The van der Waals surface area contributed by atoms with Crippen LogP contribution in [0.3, 0.4) is 0 Å². The van der Waals surface area contributed by atoms with Gasteiger partial charge in [-0.3, -0.25) is 9.78 Å². The Morgan fingerprint density at radius 3 is 2.94 bits per heavy atom. The number of pyridine rings is 2. The van der Waals surface area contributed by atoms with E-state index in [4.69, 9.17) is 9.26 Å². The molecule has 0 saturated heterocycles. The number of fused-ring (bicyclic) bond motifs is 1. The molecule has 0 spiro atoms. The van der Waals surface area contributed by atoms with E-state index < -0.39 is 0 Å². The van der Waals surface area contributed by atoms with E-state index in [2.05, 4.69) is 20.4 Å². The minimum atomic E-state index is -0.378. The van der Waals surface area contributed by atoms with E-state index in [1.165, 1.54) is 0 Å². The van der Waals surface area contributed by atoms with Crippen LogP contribution in [0.4, 0.5) is 5.69 Å². The van der Waals surface area contributed by atoms with Crippen LogP contribution in [0.2, 0.25) is 0 Å². The highest BCUT2D eigenvalue weighted by atomic mass is 16.5. The molecule has 5 rings (SSSR count). The highest BCUT2D eigenvalue weighted by Crippen LogP contribution is 2.22. The van der Waals surface area contributed by atoms with Crippen molar-refractivity contribution >= 4 is 17.2 Å². The lowest BCUT2D eigenvalue weighted by Gasteiger charge is -2.07. The van der Waals surface area contributed by atoms with Gasteiger partial charge in [0.15, 0.2) is 11.5 Å². The van der Waals surface area contributed by atoms with Gasteiger partial charge in [0, 0.05) is 48.2 Å². The van der Waals surface area contributed by atoms with Gasteiger partial charge in [0.1, 0.15) is 18.0 Å². The van der Waals surface area contributed by atoms with Gasteiger partial charge in [-0.2, -0.15) is 0 Å². The lowest BCUT2D eigenvalue weighted by Crippen LogP contribution is -2.12. The minimum Gasteiger partial charge on any atom is -0.487 e. The standard InChI is InChI=1S/C23H17N5O3/c29-23(20-12-21(31-27-20)16-5-4-9-24-13-16)26-17-6-3-7-19(11-17)30-15-18-14-28-10-2-1-8-22(28)25-18/h1-14H,15H2,(H,26,29). The number of aromatic nitrogens is 4. The summed E-state index contributed by atoms with van der Waals surface area (Å²) in [6.45, 7) is 0.316. The monoisotopic (exact) mass is 411 g/mol. The Kier molecular flexibility index (Phi) is 4.86. The van der Waals surface area contributed by atoms with Crippen LogP contribution < -0.4 is 10.1 Å². The maximum absolute atomic E-state index is 12.5. The zero-order chi connectivity index (χ0) is 21.0. The van der Waals surface area contributed by atoms with E-state index in [0.29, 0.717) is 23.8 Å². The molecule has 0 aliphatic heterocycles. The number of amides is 1. The molecule has 0 aliphatic carbocycles. The van der Waals surface area contributed by atoms with Crippen molar-refractivity contribution in [2.45, 2.75) is 6.61 Å². The van der Waals surface area contributed by atoms with Crippen molar-refractivity contribution < 1.29 is 14.1 Å². The average Bonchev–Trinajstić information content (AvgIpc) is 3.46. The lowest BCUT2D eigenvalue weighted by molar-refractivity contribution is 0.101. The van der Waals surface area contributed by atoms with E-state index in [1.807, 2.05) is 47.1 Å². The van der Waals surface area contributed by atoms with E-state index in [-0.39, 0.29) is 11.6 Å². The number of hydrogen-bond donors (Lipinski definition) is 1. The SMILES string of the molecule is O=C(Nc1cccc(OCc2cn3ccccc3n2)c1)c1cc(-c2cccnc2)on1. The number of anilines is 1. The molecule has 4 aromatic heterocycles. The van der Waals surface area contributed by atoms with E-state index >= 15 is 0 Å². The summed E-state index contributed by atoms with van der Waals surface area (Å²) in [6, 6.07) is 18.2. The highest BCUT2D eigenvalue weighted by molar-refractivity contribution is 6.03. The summed E-state index contributed by atoms with van der Waals surface area (Å²) >= 11 is 0. The first-order valence-electron chi connectivity index (χ1n) is 9.58. The molecular formula is C23H17N5O3. The predicted molar refractivity (Wildman–Crippen MR) is 114 cm³/mol. The third-order valence-electron chi connectivity index (χ3n) is 4.58. The molecule has 0 aliphatic rings. The smallest absolute Gasteiger partial charge is 0.277 e. The van der Waals surface area contributed by atoms with E-state index in [9.17, 15) is 4.79 Å². The average molecular weight is 411 g/mol. The number of carbonyl (C=O) groups excluding carboxylic acids is 1. The van der Waals surface area contributed by atoms with Crippen molar-refractivity contribution in [1.82, 2.24) is 19.5 Å². The summed E-state index contributed by atoms with van der Waals surface area (Å²) in [6.07, 6.45) is 7.17. The van der Waals surface area contributed by atoms with Gasteiger partial charge in [-0.15, -0.1) is 0 Å². The molecule has 0 atom stereocenters. The summed E-state index contributed by atoms with van der Waals surface area (Å²) in [5.74, 6) is 0.713. The van der Waals surface area contributed by atoms with Gasteiger partial charge >= 0.3 is 0 Å². The van der Waals surface area contributed by atoms with Gasteiger partial charge in [0.05, 0.1) is 5.69 Å². The summed E-state index contributed by atoms with van der Waals surface area (Å²) < 4.78 is 13.0. The number of carbonyl (C=O) groups is 1. The van der Waals surface area contributed by atoms with Gasteiger partial charge < -0.3 is 19.0 Å². The van der Waals surface area contributed by atoms with E-state index in [0.717, 1.165) is 16.9 Å². The second-order valence-corrected chi connectivity index (χ2v) is 6.79. The van der Waals surface area contributed by atoms with Crippen LogP contribution >= 0.6 is 0 Å². The number of hydrogen-bond acceptors (Lipinski definition) is 6. The fourth-order valence-corrected chi connectivity index (χ4v) is 3.10. The zero-order valence-electron chi connectivity index (χ0n) is 16.3. The van der Waals surface area contributed by atoms with Gasteiger partial charge in [-0.25, -0.2) is 4.98 Å². The van der Waals surface area contributed by atoms with Crippen LogP contribution in [0.5, 0.6) is 5.75 Å². The number of ether oxygens (including phenoxy) is 1. The second-order valence-electron chi connectivity index (χ2n) is 6.79. The van der Waals surface area contributed by atoms with Crippen molar-refractivity contribution in [3.05, 3.63) is 96.8 Å². The molecule has 8 heteroatoms. The quantitative estimate of drug-likeness (QED) is 0.450. The number of nitrogens with zero attached hydrogens (tertiary/aromatic N) is 4. The number of benzene rings is 1. The first-order chi connectivity index (χ1) is 15.2. The molecule has 5 aromatic rings. The van der Waals surface area contributed by atoms with E-state index in [1.54, 1.807) is 42.7 Å². The highest BCUT2D eigenvalue weighted by Gasteiger charge is 2.14. The maximum atomic E-state index is 12.5. The minimum absolute atomic E-state index is 0.176. The van der Waals surface area contributed by atoms with Crippen molar-refractivity contribution in [3.8, 4) is 17.1 Å². The molecule has 0 bridgehead atoms. The molecule has 1 amide bonds. The fraction of sp³-hybridized carbons (Fsp3) is 0.0435. The molecule has 0 fully saturated rings. The number of imidazole rings is 1. The van der Waals surface area contributed by atoms with Crippen LogP contribution in [0.15, 0.2) is 90.0 Å². The Morgan fingerprint density at radius 2 is 2.06 bits per heavy atom. The predicted octanol–water partition coefficient (Wildman–Crippen LogP) is 4.22. The first-order valence-corrected chi connectivity index (χ1v) is 9.58. The molecule has 152 valence electrons. The summed E-state index contributed by atoms with van der Waals surface area (Å²) in [7, 11) is 0. The van der Waals surface area contributed by atoms with Crippen LogP contribution in [0.25, 0.3) is 17.0 Å². The normalized spacial score (nSPS) is 10.8. The number of rotatable bonds is 6. The van der Waals surface area contributed by atoms with Crippen molar-refractivity contribution in [3.63, 3.8) is 0 Å². The maximum Gasteiger partial charge on any atom is 0.277 e. The largest absolute Gasteiger partial charge is 0.487 e. The van der Waals surface area contributed by atoms with Crippen LogP contribution in [-0.2, 0) is 6.61 Å². The number of nitrogens with one attached hydrogen (secondary N) is 1. The molecule has 0 radical (unpaired) electrons. The molecule has 31 heavy (non-hydrogen) atoms. The Balaban J connectivity index is 1.25. The third-order valence-corrected chi connectivity index (χ3v) is 4.58.